The van der Waals surface area contributed by atoms with E-state index in [1.165, 1.54) is 11.1 Å². The molecule has 1 fully saturated rings. The Bertz CT molecular complexity index is 318. The molecule has 0 saturated carbocycles. The number of piperazine rings is 1. The van der Waals surface area contributed by atoms with Gasteiger partial charge in [0.1, 0.15) is 0 Å². The minimum atomic E-state index is 0.476. The van der Waals surface area contributed by atoms with Crippen LogP contribution in [0.3, 0.4) is 0 Å². The average molecular weight is 204 g/mol. The fourth-order valence-corrected chi connectivity index (χ4v) is 2.20. The van der Waals surface area contributed by atoms with Crippen molar-refractivity contribution >= 4 is 0 Å². The van der Waals surface area contributed by atoms with Crippen LogP contribution < -0.4 is 5.32 Å². The van der Waals surface area contributed by atoms with Gasteiger partial charge in [-0.1, -0.05) is 29.8 Å². The third kappa shape index (κ3) is 2.21. The molecule has 1 aliphatic rings. The van der Waals surface area contributed by atoms with Gasteiger partial charge in [-0.3, -0.25) is 0 Å². The van der Waals surface area contributed by atoms with Crippen LogP contribution in [0.2, 0.25) is 0 Å². The molecule has 0 bridgehead atoms. The molecule has 2 heteroatoms. The number of rotatable bonds is 1. The Balaban J connectivity index is 2.18. The summed E-state index contributed by atoms with van der Waals surface area (Å²) in [5.41, 5.74) is 2.73. The van der Waals surface area contributed by atoms with Crippen LogP contribution in [0.4, 0.5) is 0 Å². The zero-order valence-electron chi connectivity index (χ0n) is 9.83. The number of nitrogens with one attached hydrogen (secondary N) is 1. The highest BCUT2D eigenvalue weighted by atomic mass is 15.2. The molecule has 1 heterocycles. The minimum absolute atomic E-state index is 0.476. The maximum atomic E-state index is 3.59. The molecule has 1 saturated heterocycles. The first-order chi connectivity index (χ1) is 7.18. The van der Waals surface area contributed by atoms with Crippen LogP contribution in [-0.4, -0.2) is 31.1 Å². The molecule has 0 radical (unpaired) electrons. The monoisotopic (exact) mass is 204 g/mol. The van der Waals surface area contributed by atoms with E-state index in [4.69, 9.17) is 0 Å². The van der Waals surface area contributed by atoms with E-state index in [1.807, 2.05) is 0 Å². The highest BCUT2D eigenvalue weighted by Crippen LogP contribution is 2.22. The van der Waals surface area contributed by atoms with Crippen LogP contribution in [0.15, 0.2) is 24.3 Å². The third-order valence-electron chi connectivity index (χ3n) is 3.44. The van der Waals surface area contributed by atoms with Crippen LogP contribution in [0.5, 0.6) is 0 Å². The molecule has 2 rings (SSSR count). The normalized spacial score (nSPS) is 27.9. The van der Waals surface area contributed by atoms with Crippen molar-refractivity contribution in [3.8, 4) is 0 Å². The molecular weight excluding hydrogens is 184 g/mol. The summed E-state index contributed by atoms with van der Waals surface area (Å²) in [6.07, 6.45) is 0. The molecular formula is C13H20N2. The Labute approximate surface area is 92.3 Å². The van der Waals surface area contributed by atoms with Crippen molar-refractivity contribution < 1.29 is 0 Å². The molecule has 82 valence electrons. The second-order valence-electron chi connectivity index (χ2n) is 4.56. The zero-order chi connectivity index (χ0) is 10.8. The highest BCUT2D eigenvalue weighted by molar-refractivity contribution is 5.25. The van der Waals surface area contributed by atoms with Crippen LogP contribution in [0.25, 0.3) is 0 Å². The predicted molar refractivity (Wildman–Crippen MR) is 64.0 cm³/mol. The number of hydrogen-bond donors (Lipinski definition) is 1. The fourth-order valence-electron chi connectivity index (χ4n) is 2.20. The van der Waals surface area contributed by atoms with Gasteiger partial charge in [-0.2, -0.15) is 0 Å². The summed E-state index contributed by atoms with van der Waals surface area (Å²) in [6.45, 7) is 6.65. The largest absolute Gasteiger partial charge is 0.307 e. The van der Waals surface area contributed by atoms with E-state index in [9.17, 15) is 0 Å². The van der Waals surface area contributed by atoms with Crippen molar-refractivity contribution in [2.75, 3.05) is 20.1 Å². The Morgan fingerprint density at radius 1 is 1.27 bits per heavy atom. The summed E-state index contributed by atoms with van der Waals surface area (Å²) in [7, 11) is 2.20. The van der Waals surface area contributed by atoms with E-state index in [-0.39, 0.29) is 0 Å². The average Bonchev–Trinajstić information content (AvgIpc) is 2.24. The first-order valence-corrected chi connectivity index (χ1v) is 5.68. The number of benzene rings is 1. The maximum absolute atomic E-state index is 3.59. The number of hydrogen-bond acceptors (Lipinski definition) is 2. The van der Waals surface area contributed by atoms with Crippen molar-refractivity contribution in [1.29, 1.82) is 0 Å². The molecule has 2 atom stereocenters. The predicted octanol–water partition coefficient (Wildman–Crippen LogP) is 1.96. The van der Waals surface area contributed by atoms with E-state index in [0.717, 1.165) is 13.1 Å². The minimum Gasteiger partial charge on any atom is -0.307 e. The number of nitrogens with zero attached hydrogens (tertiary/aromatic N) is 1. The molecule has 1 aliphatic heterocycles. The van der Waals surface area contributed by atoms with E-state index >= 15 is 0 Å². The van der Waals surface area contributed by atoms with Crippen molar-refractivity contribution in [3.05, 3.63) is 35.4 Å². The van der Waals surface area contributed by atoms with Gasteiger partial charge in [-0.15, -0.1) is 0 Å². The van der Waals surface area contributed by atoms with Crippen LogP contribution in [0.1, 0.15) is 24.1 Å². The molecule has 0 aromatic heterocycles. The first kappa shape index (κ1) is 10.7. The van der Waals surface area contributed by atoms with Crippen molar-refractivity contribution in [1.82, 2.24) is 10.2 Å². The lowest BCUT2D eigenvalue weighted by Gasteiger charge is -2.38. The fraction of sp³-hybridized carbons (Fsp3) is 0.538. The second-order valence-corrected chi connectivity index (χ2v) is 4.56. The zero-order valence-corrected chi connectivity index (χ0v) is 9.83. The lowest BCUT2D eigenvalue weighted by molar-refractivity contribution is 0.164. The lowest BCUT2D eigenvalue weighted by atomic mass is 9.97. The van der Waals surface area contributed by atoms with Crippen molar-refractivity contribution in [2.24, 2.45) is 0 Å². The standard InChI is InChI=1S/C13H20N2/c1-10-4-6-12(7-5-10)13-11(2)15(3)9-8-14-13/h4-7,11,13-14H,8-9H2,1-3H3. The van der Waals surface area contributed by atoms with Crippen LogP contribution in [-0.2, 0) is 0 Å². The van der Waals surface area contributed by atoms with Gasteiger partial charge in [0, 0.05) is 25.2 Å². The molecule has 0 amide bonds. The molecule has 0 aliphatic carbocycles. The number of aryl methyl sites for hydroxylation is 1. The first-order valence-electron chi connectivity index (χ1n) is 5.68. The quantitative estimate of drug-likeness (QED) is 0.752. The van der Waals surface area contributed by atoms with Crippen molar-refractivity contribution in [2.45, 2.75) is 25.9 Å². The molecule has 2 unspecified atom stereocenters. The second kappa shape index (κ2) is 4.33. The van der Waals surface area contributed by atoms with Gasteiger partial charge in [-0.25, -0.2) is 0 Å². The molecule has 1 N–H and O–H groups in total. The summed E-state index contributed by atoms with van der Waals surface area (Å²) < 4.78 is 0. The molecule has 15 heavy (non-hydrogen) atoms. The van der Waals surface area contributed by atoms with Gasteiger partial charge in [0.05, 0.1) is 0 Å². The Kier molecular flexibility index (Phi) is 3.08. The number of likely N-dealkylation sites (N-methyl/N-ethyl adjacent to an activating group) is 1. The Morgan fingerprint density at radius 2 is 1.93 bits per heavy atom. The van der Waals surface area contributed by atoms with Gasteiger partial charge < -0.3 is 10.2 Å². The SMILES string of the molecule is Cc1ccc(C2NCCN(C)C2C)cc1. The Hall–Kier alpha value is -0.860. The summed E-state index contributed by atoms with van der Waals surface area (Å²) in [5.74, 6) is 0. The van der Waals surface area contributed by atoms with Gasteiger partial charge in [0.25, 0.3) is 0 Å². The van der Waals surface area contributed by atoms with Crippen molar-refractivity contribution in [3.63, 3.8) is 0 Å². The summed E-state index contributed by atoms with van der Waals surface area (Å²) in [4.78, 5) is 2.42. The molecule has 1 aromatic carbocycles. The van der Waals surface area contributed by atoms with E-state index in [0.29, 0.717) is 12.1 Å². The molecule has 2 nitrogen and oxygen atoms in total. The summed E-state index contributed by atoms with van der Waals surface area (Å²) >= 11 is 0. The molecule has 0 spiro atoms. The molecule has 1 aromatic rings. The summed E-state index contributed by atoms with van der Waals surface area (Å²) in [6, 6.07) is 9.91. The van der Waals surface area contributed by atoms with E-state index in [2.05, 4.69) is 55.4 Å². The van der Waals surface area contributed by atoms with Crippen LogP contribution >= 0.6 is 0 Å². The Morgan fingerprint density at radius 3 is 2.60 bits per heavy atom. The summed E-state index contributed by atoms with van der Waals surface area (Å²) in [5, 5.41) is 3.59. The topological polar surface area (TPSA) is 15.3 Å². The maximum Gasteiger partial charge on any atom is 0.0475 e. The lowest BCUT2D eigenvalue weighted by Crippen LogP contribution is -2.49. The van der Waals surface area contributed by atoms with E-state index < -0.39 is 0 Å². The van der Waals surface area contributed by atoms with Crippen LogP contribution in [0, 0.1) is 6.92 Å². The van der Waals surface area contributed by atoms with Gasteiger partial charge >= 0.3 is 0 Å². The third-order valence-corrected chi connectivity index (χ3v) is 3.44. The van der Waals surface area contributed by atoms with Gasteiger partial charge in [0.15, 0.2) is 0 Å². The van der Waals surface area contributed by atoms with E-state index in [1.54, 1.807) is 0 Å². The van der Waals surface area contributed by atoms with Gasteiger partial charge in [-0.05, 0) is 26.5 Å². The highest BCUT2D eigenvalue weighted by Gasteiger charge is 2.25. The smallest absolute Gasteiger partial charge is 0.0475 e. The van der Waals surface area contributed by atoms with Gasteiger partial charge in [0.2, 0.25) is 0 Å².